The van der Waals surface area contributed by atoms with Gasteiger partial charge in [0.1, 0.15) is 18.1 Å². The zero-order valence-electron chi connectivity index (χ0n) is 16.2. The molecule has 0 fully saturated rings. The second kappa shape index (κ2) is 7.39. The summed E-state index contributed by atoms with van der Waals surface area (Å²) >= 11 is 1.60. The van der Waals surface area contributed by atoms with Crippen LogP contribution in [0, 0.1) is 0 Å². The molecular weight excluding hydrogens is 396 g/mol. The SMILES string of the molecule is CSc1ccc2[nH]c(O)c(C3=Nc4ccc(OCc5ccccc5)cc4C3=O)c2c1. The van der Waals surface area contributed by atoms with Gasteiger partial charge >= 0.3 is 0 Å². The van der Waals surface area contributed by atoms with Crippen molar-refractivity contribution in [3.63, 3.8) is 0 Å². The van der Waals surface area contributed by atoms with Crippen LogP contribution in [0.1, 0.15) is 21.5 Å². The van der Waals surface area contributed by atoms with Crippen LogP contribution in [0.3, 0.4) is 0 Å². The molecule has 30 heavy (non-hydrogen) atoms. The van der Waals surface area contributed by atoms with Crippen LogP contribution in [-0.2, 0) is 6.61 Å². The highest BCUT2D eigenvalue weighted by Gasteiger charge is 2.30. The Kier molecular flexibility index (Phi) is 4.56. The summed E-state index contributed by atoms with van der Waals surface area (Å²) in [7, 11) is 0. The molecule has 0 saturated carbocycles. The van der Waals surface area contributed by atoms with Gasteiger partial charge in [-0.2, -0.15) is 0 Å². The summed E-state index contributed by atoms with van der Waals surface area (Å²) in [6.07, 6.45) is 1.98. The van der Waals surface area contributed by atoms with E-state index in [1.807, 2.05) is 60.9 Å². The van der Waals surface area contributed by atoms with Crippen LogP contribution in [0.25, 0.3) is 10.9 Å². The standard InChI is InChI=1S/C24H18N2O3S/c1-30-16-8-10-19-17(12-16)21(24(28)26-19)22-23(27)18-11-15(7-9-20(18)25-22)29-13-14-5-3-2-4-6-14/h2-12,26,28H,13H2,1H3. The molecule has 0 unspecified atom stereocenters. The number of fused-ring (bicyclic) bond motifs is 2. The van der Waals surface area contributed by atoms with E-state index in [1.54, 1.807) is 23.9 Å². The second-order valence-electron chi connectivity index (χ2n) is 7.00. The Morgan fingerprint density at radius 1 is 1.07 bits per heavy atom. The Morgan fingerprint density at radius 3 is 2.70 bits per heavy atom. The number of nitrogens with one attached hydrogen (secondary N) is 1. The van der Waals surface area contributed by atoms with Gasteiger partial charge in [-0.15, -0.1) is 11.8 Å². The van der Waals surface area contributed by atoms with Crippen molar-refractivity contribution in [3.05, 3.63) is 83.4 Å². The number of benzene rings is 3. The van der Waals surface area contributed by atoms with E-state index in [1.165, 1.54) is 0 Å². The monoisotopic (exact) mass is 414 g/mol. The predicted octanol–water partition coefficient (Wildman–Crippen LogP) is 5.49. The first kappa shape index (κ1) is 18.5. The molecule has 6 heteroatoms. The Bertz CT molecular complexity index is 1310. The minimum atomic E-state index is -0.221. The van der Waals surface area contributed by atoms with Gasteiger partial charge in [-0.25, -0.2) is 4.99 Å². The minimum Gasteiger partial charge on any atom is -0.494 e. The molecule has 0 amide bonds. The molecule has 1 aliphatic heterocycles. The van der Waals surface area contributed by atoms with Crippen molar-refractivity contribution in [1.82, 2.24) is 4.98 Å². The van der Waals surface area contributed by atoms with Gasteiger partial charge in [-0.3, -0.25) is 4.79 Å². The molecule has 1 aliphatic rings. The molecule has 4 aromatic rings. The van der Waals surface area contributed by atoms with Crippen molar-refractivity contribution in [2.45, 2.75) is 11.5 Å². The van der Waals surface area contributed by atoms with Crippen molar-refractivity contribution in [3.8, 4) is 11.6 Å². The molecular formula is C24H18N2O3S. The maximum Gasteiger partial charge on any atom is 0.214 e. The Balaban J connectivity index is 1.47. The third-order valence-electron chi connectivity index (χ3n) is 5.13. The summed E-state index contributed by atoms with van der Waals surface area (Å²) in [6.45, 7) is 0.419. The van der Waals surface area contributed by atoms with Crippen molar-refractivity contribution < 1.29 is 14.6 Å². The number of thioether (sulfide) groups is 1. The van der Waals surface area contributed by atoms with Gasteiger partial charge in [-0.05, 0) is 48.2 Å². The first-order valence-corrected chi connectivity index (χ1v) is 10.7. The smallest absolute Gasteiger partial charge is 0.214 e. The molecule has 0 atom stereocenters. The topological polar surface area (TPSA) is 74.7 Å². The summed E-state index contributed by atoms with van der Waals surface area (Å²) < 4.78 is 5.85. The van der Waals surface area contributed by atoms with E-state index in [4.69, 9.17) is 4.74 Å². The molecule has 0 bridgehead atoms. The number of ether oxygens (including phenoxy) is 1. The van der Waals surface area contributed by atoms with Crippen LogP contribution in [0.4, 0.5) is 5.69 Å². The van der Waals surface area contributed by atoms with Gasteiger partial charge in [0.15, 0.2) is 5.88 Å². The number of carbonyl (C=O) groups excluding carboxylic acids is 1. The fraction of sp³-hybridized carbons (Fsp3) is 0.0833. The van der Waals surface area contributed by atoms with Gasteiger partial charge in [0, 0.05) is 15.8 Å². The average Bonchev–Trinajstić information content (AvgIpc) is 3.27. The Hall–Kier alpha value is -3.51. The molecule has 3 aromatic carbocycles. The van der Waals surface area contributed by atoms with E-state index in [9.17, 15) is 9.90 Å². The highest BCUT2D eigenvalue weighted by molar-refractivity contribution is 7.98. The normalized spacial score (nSPS) is 12.8. The van der Waals surface area contributed by atoms with E-state index in [-0.39, 0.29) is 17.4 Å². The van der Waals surface area contributed by atoms with Crippen molar-refractivity contribution in [2.75, 3.05) is 6.26 Å². The number of aromatic amines is 1. The summed E-state index contributed by atoms with van der Waals surface area (Å²) in [5.41, 5.74) is 3.55. The highest BCUT2D eigenvalue weighted by Crippen LogP contribution is 2.37. The number of Topliss-reactive ketones (excluding diaryl/α,β-unsaturated/α-hetero) is 1. The highest BCUT2D eigenvalue weighted by atomic mass is 32.2. The predicted molar refractivity (Wildman–Crippen MR) is 119 cm³/mol. The first-order chi connectivity index (χ1) is 14.6. The van der Waals surface area contributed by atoms with Gasteiger partial charge in [0.2, 0.25) is 5.78 Å². The number of hydrogen-bond acceptors (Lipinski definition) is 5. The number of rotatable bonds is 5. The van der Waals surface area contributed by atoms with Crippen LogP contribution in [0.5, 0.6) is 11.6 Å². The number of carbonyl (C=O) groups is 1. The van der Waals surface area contributed by atoms with E-state index in [0.717, 1.165) is 21.4 Å². The van der Waals surface area contributed by atoms with Crippen LogP contribution in [0.2, 0.25) is 0 Å². The molecule has 2 heterocycles. The van der Waals surface area contributed by atoms with Gasteiger partial charge in [0.25, 0.3) is 0 Å². The zero-order chi connectivity index (χ0) is 20.7. The largest absolute Gasteiger partial charge is 0.494 e. The third kappa shape index (κ3) is 3.15. The molecule has 1 aromatic heterocycles. The van der Waals surface area contributed by atoms with Crippen LogP contribution in [-0.4, -0.2) is 27.8 Å². The average molecular weight is 414 g/mol. The first-order valence-electron chi connectivity index (χ1n) is 9.47. The van der Waals surface area contributed by atoms with E-state index < -0.39 is 0 Å². The minimum absolute atomic E-state index is 0.0521. The lowest BCUT2D eigenvalue weighted by atomic mass is 10.0. The quantitative estimate of drug-likeness (QED) is 0.423. The number of aliphatic imine (C=N–C) groups is 1. The van der Waals surface area contributed by atoms with Crippen molar-refractivity contribution >= 4 is 39.8 Å². The summed E-state index contributed by atoms with van der Waals surface area (Å²) in [5.74, 6) is 0.333. The Morgan fingerprint density at radius 2 is 1.90 bits per heavy atom. The lowest BCUT2D eigenvalue weighted by molar-refractivity contribution is 0.106. The number of nitrogens with zero attached hydrogens (tertiary/aromatic N) is 1. The molecule has 0 spiro atoms. The molecule has 0 radical (unpaired) electrons. The van der Waals surface area contributed by atoms with E-state index in [2.05, 4.69) is 9.98 Å². The maximum absolute atomic E-state index is 13.2. The maximum atomic E-state index is 13.2. The van der Waals surface area contributed by atoms with Crippen molar-refractivity contribution in [2.24, 2.45) is 4.99 Å². The second-order valence-corrected chi connectivity index (χ2v) is 7.88. The number of ketones is 1. The zero-order valence-corrected chi connectivity index (χ0v) is 17.0. The molecule has 0 saturated heterocycles. The van der Waals surface area contributed by atoms with Crippen LogP contribution in [0.15, 0.2) is 76.6 Å². The summed E-state index contributed by atoms with van der Waals surface area (Å²) in [6, 6.07) is 21.0. The third-order valence-corrected chi connectivity index (χ3v) is 5.86. The number of aromatic nitrogens is 1. The van der Waals surface area contributed by atoms with Crippen molar-refractivity contribution in [1.29, 1.82) is 0 Å². The number of H-pyrrole nitrogens is 1. The summed E-state index contributed by atoms with van der Waals surface area (Å²) in [5, 5.41) is 11.3. The number of aromatic hydroxyl groups is 1. The van der Waals surface area contributed by atoms with Crippen LogP contribution >= 0.6 is 11.8 Å². The van der Waals surface area contributed by atoms with E-state index >= 15 is 0 Å². The molecule has 5 rings (SSSR count). The van der Waals surface area contributed by atoms with Gasteiger partial charge < -0.3 is 14.8 Å². The fourth-order valence-electron chi connectivity index (χ4n) is 3.62. The lowest BCUT2D eigenvalue weighted by Gasteiger charge is -2.07. The van der Waals surface area contributed by atoms with Crippen LogP contribution < -0.4 is 4.74 Å². The van der Waals surface area contributed by atoms with Gasteiger partial charge in [-0.1, -0.05) is 30.3 Å². The molecule has 148 valence electrons. The fourth-order valence-corrected chi connectivity index (χ4v) is 4.06. The van der Waals surface area contributed by atoms with Gasteiger partial charge in [0.05, 0.1) is 16.8 Å². The Labute approximate surface area is 177 Å². The lowest BCUT2D eigenvalue weighted by Crippen LogP contribution is -2.11. The number of hydrogen-bond donors (Lipinski definition) is 2. The molecule has 0 aliphatic carbocycles. The molecule has 2 N–H and O–H groups in total. The summed E-state index contributed by atoms with van der Waals surface area (Å²) in [4.78, 5) is 21.7. The van der Waals surface area contributed by atoms with E-state index in [0.29, 0.717) is 29.2 Å². The molecule has 5 nitrogen and oxygen atoms in total.